The van der Waals surface area contributed by atoms with E-state index in [0.717, 1.165) is 26.7 Å². The molecule has 3 aromatic rings. The maximum absolute atomic E-state index is 12.0. The van der Waals surface area contributed by atoms with Crippen LogP contribution in [0, 0.1) is 6.92 Å². The Morgan fingerprint density at radius 1 is 1.18 bits per heavy atom. The largest absolute Gasteiger partial charge is 0.352 e. The van der Waals surface area contributed by atoms with Crippen LogP contribution < -0.4 is 5.32 Å². The molecule has 112 valence electrons. The number of carbonyl (C=O) groups excluding carboxylic acids is 1. The van der Waals surface area contributed by atoms with Gasteiger partial charge in [0, 0.05) is 28.1 Å². The molecule has 2 heterocycles. The van der Waals surface area contributed by atoms with Crippen LogP contribution in [0.3, 0.4) is 0 Å². The highest BCUT2D eigenvalue weighted by molar-refractivity contribution is 7.13. The van der Waals surface area contributed by atoms with Crippen LogP contribution in [-0.4, -0.2) is 10.9 Å². The van der Waals surface area contributed by atoms with Crippen molar-refractivity contribution in [1.82, 2.24) is 10.3 Å². The van der Waals surface area contributed by atoms with Gasteiger partial charge in [0.1, 0.15) is 5.01 Å². The summed E-state index contributed by atoms with van der Waals surface area (Å²) in [6.07, 6.45) is 0.441. The van der Waals surface area contributed by atoms with Crippen LogP contribution >= 0.6 is 22.7 Å². The molecule has 3 nitrogen and oxygen atoms in total. The number of thiophene rings is 1. The SMILES string of the molecule is Cc1csc(-c2ccccc2CNC(=O)Cc2cccs2)n1. The van der Waals surface area contributed by atoms with Crippen LogP contribution in [0.5, 0.6) is 0 Å². The third-order valence-corrected chi connectivity index (χ3v) is 5.13. The number of hydrogen-bond donors (Lipinski definition) is 1. The number of hydrogen-bond acceptors (Lipinski definition) is 4. The molecule has 0 atom stereocenters. The molecule has 2 aromatic heterocycles. The van der Waals surface area contributed by atoms with E-state index in [-0.39, 0.29) is 5.91 Å². The summed E-state index contributed by atoms with van der Waals surface area (Å²) in [5.74, 6) is 0.0487. The third kappa shape index (κ3) is 3.61. The molecule has 0 bridgehead atoms. The van der Waals surface area contributed by atoms with Crippen molar-refractivity contribution in [2.45, 2.75) is 19.9 Å². The van der Waals surface area contributed by atoms with Crippen molar-refractivity contribution >= 4 is 28.6 Å². The summed E-state index contributed by atoms with van der Waals surface area (Å²) in [5, 5.41) is 8.03. The van der Waals surface area contributed by atoms with Crippen molar-refractivity contribution in [3.63, 3.8) is 0 Å². The summed E-state index contributed by atoms with van der Waals surface area (Å²) in [6.45, 7) is 2.52. The number of amides is 1. The Morgan fingerprint density at radius 3 is 2.77 bits per heavy atom. The van der Waals surface area contributed by atoms with Crippen LogP contribution in [-0.2, 0) is 17.8 Å². The predicted octanol–water partition coefficient (Wildman–Crippen LogP) is 4.04. The summed E-state index contributed by atoms with van der Waals surface area (Å²) in [4.78, 5) is 17.6. The Kier molecular flexibility index (Phi) is 4.65. The number of benzene rings is 1. The first-order valence-electron chi connectivity index (χ1n) is 7.02. The van der Waals surface area contributed by atoms with Gasteiger partial charge in [-0.3, -0.25) is 4.79 Å². The number of aromatic nitrogens is 1. The second-order valence-electron chi connectivity index (χ2n) is 4.98. The van der Waals surface area contributed by atoms with Crippen molar-refractivity contribution in [1.29, 1.82) is 0 Å². The first-order valence-corrected chi connectivity index (χ1v) is 8.78. The number of rotatable bonds is 5. The van der Waals surface area contributed by atoms with Gasteiger partial charge < -0.3 is 5.32 Å². The van der Waals surface area contributed by atoms with E-state index < -0.39 is 0 Å². The average Bonchev–Trinajstić information content (AvgIpc) is 3.17. The lowest BCUT2D eigenvalue weighted by molar-refractivity contribution is -0.120. The molecule has 1 amide bonds. The number of thiazole rings is 1. The van der Waals surface area contributed by atoms with Crippen LogP contribution in [0.2, 0.25) is 0 Å². The third-order valence-electron chi connectivity index (χ3n) is 3.26. The molecule has 0 aliphatic carbocycles. The summed E-state index contributed by atoms with van der Waals surface area (Å²) < 4.78 is 0. The summed E-state index contributed by atoms with van der Waals surface area (Å²) >= 11 is 3.24. The number of aryl methyl sites for hydroxylation is 1. The highest BCUT2D eigenvalue weighted by atomic mass is 32.1. The molecule has 0 unspecified atom stereocenters. The lowest BCUT2D eigenvalue weighted by Gasteiger charge is -2.08. The van der Waals surface area contributed by atoms with Gasteiger partial charge in [0.05, 0.1) is 6.42 Å². The van der Waals surface area contributed by atoms with Gasteiger partial charge in [-0.15, -0.1) is 22.7 Å². The van der Waals surface area contributed by atoms with E-state index in [1.54, 1.807) is 22.7 Å². The Hall–Kier alpha value is -1.98. The predicted molar refractivity (Wildman–Crippen MR) is 92.2 cm³/mol. The Balaban J connectivity index is 1.69. The van der Waals surface area contributed by atoms with E-state index in [9.17, 15) is 4.79 Å². The number of nitrogens with one attached hydrogen (secondary N) is 1. The molecule has 0 aliphatic heterocycles. The van der Waals surface area contributed by atoms with Gasteiger partial charge in [-0.25, -0.2) is 4.98 Å². The Bertz CT molecular complexity index is 763. The summed E-state index contributed by atoms with van der Waals surface area (Å²) in [6, 6.07) is 12.0. The lowest BCUT2D eigenvalue weighted by atomic mass is 10.1. The maximum atomic E-state index is 12.0. The molecule has 0 saturated carbocycles. The second kappa shape index (κ2) is 6.85. The van der Waals surface area contributed by atoms with Crippen molar-refractivity contribution in [2.75, 3.05) is 0 Å². The topological polar surface area (TPSA) is 42.0 Å². The fourth-order valence-corrected chi connectivity index (χ4v) is 3.75. The molecule has 5 heteroatoms. The quantitative estimate of drug-likeness (QED) is 0.768. The summed E-state index contributed by atoms with van der Waals surface area (Å²) in [7, 11) is 0. The van der Waals surface area contributed by atoms with Gasteiger partial charge in [-0.2, -0.15) is 0 Å². The fourth-order valence-electron chi connectivity index (χ4n) is 2.19. The van der Waals surface area contributed by atoms with Crippen LogP contribution in [0.1, 0.15) is 16.1 Å². The molecule has 0 spiro atoms. The van der Waals surface area contributed by atoms with E-state index in [2.05, 4.69) is 16.4 Å². The van der Waals surface area contributed by atoms with Gasteiger partial charge in [-0.1, -0.05) is 30.3 Å². The molecule has 3 rings (SSSR count). The standard InChI is InChI=1S/C17H16N2OS2/c1-12-11-22-17(19-12)15-7-3-2-5-13(15)10-18-16(20)9-14-6-4-8-21-14/h2-8,11H,9-10H2,1H3,(H,18,20). The molecule has 1 aromatic carbocycles. The molecule has 0 fully saturated rings. The van der Waals surface area contributed by atoms with Gasteiger partial charge in [0.2, 0.25) is 5.91 Å². The minimum atomic E-state index is 0.0487. The van der Waals surface area contributed by atoms with E-state index >= 15 is 0 Å². The van der Waals surface area contributed by atoms with Crippen LogP contribution in [0.4, 0.5) is 0 Å². The molecule has 1 N–H and O–H groups in total. The highest BCUT2D eigenvalue weighted by Gasteiger charge is 2.10. The molecule has 22 heavy (non-hydrogen) atoms. The molecule has 0 saturated heterocycles. The van der Waals surface area contributed by atoms with Crippen LogP contribution in [0.25, 0.3) is 10.6 Å². The smallest absolute Gasteiger partial charge is 0.225 e. The van der Waals surface area contributed by atoms with Gasteiger partial charge in [0.15, 0.2) is 0 Å². The minimum absolute atomic E-state index is 0.0487. The zero-order chi connectivity index (χ0) is 15.4. The molecule has 0 aliphatic rings. The number of nitrogens with zero attached hydrogens (tertiary/aromatic N) is 1. The Labute approximate surface area is 137 Å². The first-order chi connectivity index (χ1) is 10.7. The van der Waals surface area contributed by atoms with E-state index in [1.165, 1.54) is 0 Å². The van der Waals surface area contributed by atoms with E-state index in [1.807, 2.05) is 48.0 Å². The normalized spacial score (nSPS) is 10.6. The fraction of sp³-hybridized carbons (Fsp3) is 0.176. The monoisotopic (exact) mass is 328 g/mol. The second-order valence-corrected chi connectivity index (χ2v) is 6.87. The van der Waals surface area contributed by atoms with Gasteiger partial charge in [-0.05, 0) is 23.9 Å². The van der Waals surface area contributed by atoms with Crippen molar-refractivity contribution in [2.24, 2.45) is 0 Å². The van der Waals surface area contributed by atoms with Crippen molar-refractivity contribution in [3.05, 3.63) is 63.3 Å². The van der Waals surface area contributed by atoms with Crippen molar-refractivity contribution in [3.8, 4) is 10.6 Å². The molecular weight excluding hydrogens is 312 g/mol. The van der Waals surface area contributed by atoms with E-state index in [0.29, 0.717) is 13.0 Å². The zero-order valence-corrected chi connectivity index (χ0v) is 13.8. The minimum Gasteiger partial charge on any atom is -0.352 e. The van der Waals surface area contributed by atoms with Crippen LogP contribution in [0.15, 0.2) is 47.2 Å². The Morgan fingerprint density at radius 2 is 2.05 bits per heavy atom. The molecule has 0 radical (unpaired) electrons. The lowest BCUT2D eigenvalue weighted by Crippen LogP contribution is -2.24. The van der Waals surface area contributed by atoms with E-state index in [4.69, 9.17) is 0 Å². The zero-order valence-electron chi connectivity index (χ0n) is 12.2. The first kappa shape index (κ1) is 14.9. The van der Waals surface area contributed by atoms with Crippen molar-refractivity contribution < 1.29 is 4.79 Å². The average molecular weight is 328 g/mol. The number of carbonyl (C=O) groups is 1. The summed E-state index contributed by atoms with van der Waals surface area (Å²) in [5.41, 5.74) is 3.21. The van der Waals surface area contributed by atoms with Gasteiger partial charge >= 0.3 is 0 Å². The highest BCUT2D eigenvalue weighted by Crippen LogP contribution is 2.26. The molecular formula is C17H16N2OS2. The maximum Gasteiger partial charge on any atom is 0.225 e. The van der Waals surface area contributed by atoms with Gasteiger partial charge in [0.25, 0.3) is 0 Å².